The van der Waals surface area contributed by atoms with Crippen LogP contribution in [0.5, 0.6) is 0 Å². The van der Waals surface area contributed by atoms with E-state index in [1.807, 2.05) is 19.9 Å². The highest BCUT2D eigenvalue weighted by Crippen LogP contribution is 2.36. The summed E-state index contributed by atoms with van der Waals surface area (Å²) in [6, 6.07) is 6.23. The first-order chi connectivity index (χ1) is 20.6. The smallest absolute Gasteiger partial charge is 0.433 e. The molecule has 7 nitrogen and oxygen atoms in total. The molecular weight excluding hydrogens is 557 g/mol. The van der Waals surface area contributed by atoms with Crippen LogP contribution < -0.4 is 15.3 Å². The number of hydrogen-bond donors (Lipinski definition) is 2. The third kappa shape index (κ3) is 6.81. The summed E-state index contributed by atoms with van der Waals surface area (Å²) in [6.07, 6.45) is 3.43. The summed E-state index contributed by atoms with van der Waals surface area (Å²) in [7, 11) is 0. The fraction of sp³-hybridized carbons (Fsp3) is 0.515. The van der Waals surface area contributed by atoms with Crippen molar-refractivity contribution in [3.63, 3.8) is 0 Å². The molecule has 3 aliphatic rings. The Balaban J connectivity index is 1.51. The number of carbonyl (C=O) groups is 1. The van der Waals surface area contributed by atoms with Crippen LogP contribution in [0.25, 0.3) is 11.1 Å². The third-order valence-corrected chi connectivity index (χ3v) is 9.08. The average molecular weight is 599 g/mol. The quantitative estimate of drug-likeness (QED) is 0.397. The zero-order valence-corrected chi connectivity index (χ0v) is 25.2. The van der Waals surface area contributed by atoms with Gasteiger partial charge >= 0.3 is 6.18 Å². The molecule has 5 rings (SSSR count). The van der Waals surface area contributed by atoms with E-state index in [2.05, 4.69) is 22.1 Å². The van der Waals surface area contributed by atoms with E-state index in [0.717, 1.165) is 73.4 Å². The number of carbonyl (C=O) groups excluding carboxylic acids is 1. The van der Waals surface area contributed by atoms with E-state index in [9.17, 15) is 23.2 Å². The highest BCUT2D eigenvalue weighted by molar-refractivity contribution is 5.99. The highest BCUT2D eigenvalue weighted by Gasteiger charge is 2.32. The van der Waals surface area contributed by atoms with Crippen LogP contribution in [0.3, 0.4) is 0 Å². The van der Waals surface area contributed by atoms with Crippen LogP contribution in [0.4, 0.5) is 18.9 Å². The van der Waals surface area contributed by atoms with Gasteiger partial charge in [-0.3, -0.25) is 9.78 Å². The number of ether oxygens (including phenoxy) is 1. The van der Waals surface area contributed by atoms with Gasteiger partial charge in [0.1, 0.15) is 17.9 Å². The number of aromatic nitrogens is 1. The Labute approximate surface area is 251 Å². The summed E-state index contributed by atoms with van der Waals surface area (Å²) in [4.78, 5) is 19.8. The minimum absolute atomic E-state index is 0.0668. The van der Waals surface area contributed by atoms with Gasteiger partial charge in [-0.1, -0.05) is 12.5 Å². The number of nitrogens with zero attached hydrogens (tertiary/aromatic N) is 2. The van der Waals surface area contributed by atoms with Crippen molar-refractivity contribution in [1.82, 2.24) is 10.3 Å². The van der Waals surface area contributed by atoms with Crippen LogP contribution in [0.2, 0.25) is 0 Å². The van der Waals surface area contributed by atoms with Gasteiger partial charge in [-0.25, -0.2) is 0 Å². The monoisotopic (exact) mass is 598 g/mol. The maximum Gasteiger partial charge on any atom is 0.433 e. The Hall–Kier alpha value is -3.21. The number of alkyl halides is 3. The highest BCUT2D eigenvalue weighted by atomic mass is 19.4. The van der Waals surface area contributed by atoms with Gasteiger partial charge < -0.3 is 25.2 Å². The van der Waals surface area contributed by atoms with Crippen LogP contribution >= 0.6 is 0 Å². The summed E-state index contributed by atoms with van der Waals surface area (Å²) < 4.78 is 45.2. The Bertz CT molecular complexity index is 1400. The second-order valence-corrected chi connectivity index (χ2v) is 11.8. The van der Waals surface area contributed by atoms with Crippen LogP contribution in [-0.2, 0) is 10.9 Å². The van der Waals surface area contributed by atoms with Crippen molar-refractivity contribution in [2.75, 3.05) is 37.7 Å². The number of anilines is 1. The van der Waals surface area contributed by atoms with Crippen LogP contribution in [-0.4, -0.2) is 49.8 Å². The van der Waals surface area contributed by atoms with Crippen LogP contribution in [0.15, 0.2) is 52.9 Å². The molecule has 1 saturated carbocycles. The van der Waals surface area contributed by atoms with Gasteiger partial charge in [0.25, 0.3) is 5.91 Å². The maximum atomic E-state index is 13.9. The fourth-order valence-corrected chi connectivity index (χ4v) is 6.73. The number of allylic oxidation sites excluding steroid dienone is 2. The largest absolute Gasteiger partial charge is 0.629 e. The molecule has 0 bridgehead atoms. The number of hydrogen-bond acceptors (Lipinski definition) is 5. The molecule has 1 aromatic carbocycles. The molecule has 1 aromatic heterocycles. The molecule has 43 heavy (non-hydrogen) atoms. The number of halogens is 3. The number of pyridine rings is 1. The van der Waals surface area contributed by atoms with Gasteiger partial charge in [0.2, 0.25) is 0 Å². The topological polar surface area (TPSA) is 82.0 Å². The Morgan fingerprint density at radius 2 is 1.81 bits per heavy atom. The maximum absolute atomic E-state index is 13.9. The summed E-state index contributed by atoms with van der Waals surface area (Å²) in [5, 5.41) is 16.2. The molecule has 0 spiro atoms. The Kier molecular flexibility index (Phi) is 9.58. The fourth-order valence-electron chi connectivity index (χ4n) is 6.73. The summed E-state index contributed by atoms with van der Waals surface area (Å²) >= 11 is 0. The van der Waals surface area contributed by atoms with Crippen molar-refractivity contribution in [3.8, 4) is 11.1 Å². The zero-order valence-electron chi connectivity index (χ0n) is 25.2. The number of hydroxylamine groups is 2. The predicted molar refractivity (Wildman–Crippen MR) is 161 cm³/mol. The second-order valence-electron chi connectivity index (χ2n) is 11.8. The van der Waals surface area contributed by atoms with Gasteiger partial charge in [0.05, 0.1) is 6.54 Å². The molecule has 3 heterocycles. The molecule has 2 N–H and O–H groups in total. The summed E-state index contributed by atoms with van der Waals surface area (Å²) in [6.45, 7) is 8.55. The molecule has 1 aliphatic carbocycles. The molecule has 1 atom stereocenters. The molecule has 2 aliphatic heterocycles. The van der Waals surface area contributed by atoms with E-state index in [1.165, 1.54) is 17.8 Å². The number of fused-ring (bicyclic) bond motifs is 1. The zero-order chi connectivity index (χ0) is 30.7. The van der Waals surface area contributed by atoms with Gasteiger partial charge in [0, 0.05) is 54.4 Å². The predicted octanol–water partition coefficient (Wildman–Crippen LogP) is 5.74. The first-order valence-electron chi connectivity index (χ1n) is 15.3. The van der Waals surface area contributed by atoms with E-state index in [0.29, 0.717) is 48.7 Å². The SMILES string of the molecule is CCN(c1cc(-c2ccc(C(F)(F)F)nc2)cc(C(=O)NCC2=C3CCCCCC3=C(C)C[NH+]2[O-])c1C)C1CCOCC1. The summed E-state index contributed by atoms with van der Waals surface area (Å²) in [5.41, 5.74) is 6.44. The standard InChI is InChI=1S/C33H41F3N4O3/c1-4-39(25-12-14-43-15-13-25)29-17-24(23-10-11-31(37-18-23)33(34,35)36)16-28(22(29)3)32(41)38-19-30-27-9-7-5-6-8-26(27)21(2)20-40(30)42/h10-11,16-18,25,40H,4-9,12-15,19-20H2,1-3H3,(H,38,41). The Morgan fingerprint density at radius 1 is 1.09 bits per heavy atom. The second kappa shape index (κ2) is 13.2. The lowest BCUT2D eigenvalue weighted by Crippen LogP contribution is -3.07. The van der Waals surface area contributed by atoms with Crippen molar-refractivity contribution in [2.45, 2.75) is 77.9 Å². The minimum Gasteiger partial charge on any atom is -0.629 e. The lowest BCUT2D eigenvalue weighted by atomic mass is 9.91. The van der Waals surface area contributed by atoms with Gasteiger partial charge in [-0.15, -0.1) is 0 Å². The molecule has 2 fully saturated rings. The van der Waals surface area contributed by atoms with Crippen LogP contribution in [0.1, 0.15) is 80.4 Å². The van der Waals surface area contributed by atoms with E-state index >= 15 is 0 Å². The van der Waals surface area contributed by atoms with Gasteiger partial charge in [-0.05, 0) is 99.8 Å². The van der Waals surface area contributed by atoms with E-state index < -0.39 is 11.9 Å². The number of benzene rings is 1. The molecule has 1 saturated heterocycles. The number of nitrogens with one attached hydrogen (secondary N) is 2. The first kappa shape index (κ1) is 31.2. The first-order valence-corrected chi connectivity index (χ1v) is 15.3. The van der Waals surface area contributed by atoms with Crippen LogP contribution in [0, 0.1) is 12.1 Å². The average Bonchev–Trinajstić information content (AvgIpc) is 3.25. The van der Waals surface area contributed by atoms with Crippen molar-refractivity contribution in [3.05, 3.63) is 74.9 Å². The van der Waals surface area contributed by atoms with E-state index in [-0.39, 0.29) is 23.6 Å². The molecule has 10 heteroatoms. The van der Waals surface area contributed by atoms with Gasteiger partial charge in [-0.2, -0.15) is 13.2 Å². The minimum atomic E-state index is -4.54. The molecule has 1 unspecified atom stereocenters. The van der Waals surface area contributed by atoms with Crippen molar-refractivity contribution >= 4 is 11.6 Å². The lowest BCUT2D eigenvalue weighted by Gasteiger charge is -2.37. The van der Waals surface area contributed by atoms with Crippen molar-refractivity contribution < 1.29 is 27.8 Å². The van der Waals surface area contributed by atoms with E-state index in [1.54, 1.807) is 6.07 Å². The van der Waals surface area contributed by atoms with Crippen molar-refractivity contribution in [2.24, 2.45) is 0 Å². The molecular formula is C33H41F3N4O3. The van der Waals surface area contributed by atoms with Crippen molar-refractivity contribution in [1.29, 1.82) is 0 Å². The molecule has 0 radical (unpaired) electrons. The number of quaternary nitrogens is 1. The van der Waals surface area contributed by atoms with Gasteiger partial charge in [0.15, 0.2) is 0 Å². The summed E-state index contributed by atoms with van der Waals surface area (Å²) in [5.74, 6) is -0.314. The Morgan fingerprint density at radius 3 is 2.47 bits per heavy atom. The molecule has 232 valence electrons. The molecule has 2 aromatic rings. The third-order valence-electron chi connectivity index (χ3n) is 9.08. The number of rotatable bonds is 7. The lowest BCUT2D eigenvalue weighted by molar-refractivity contribution is -0.802. The molecule has 1 amide bonds. The number of amides is 1. The normalized spacial score (nSPS) is 20.1. The van der Waals surface area contributed by atoms with E-state index in [4.69, 9.17) is 4.74 Å².